The Labute approximate surface area is 106 Å². The summed E-state index contributed by atoms with van der Waals surface area (Å²) in [6.07, 6.45) is 4.61. The van der Waals surface area contributed by atoms with E-state index in [9.17, 15) is 15.0 Å². The number of nitrogens with zero attached hydrogens (tertiary/aromatic N) is 1. The predicted molar refractivity (Wildman–Crippen MR) is 66.6 cm³/mol. The van der Waals surface area contributed by atoms with Crippen LogP contribution in [-0.2, 0) is 0 Å². The highest BCUT2D eigenvalue weighted by atomic mass is 16.3. The Kier molecular flexibility index (Phi) is 2.65. The summed E-state index contributed by atoms with van der Waals surface area (Å²) in [5.41, 5.74) is 0.456. The Morgan fingerprint density at radius 3 is 2.44 bits per heavy atom. The quantitative estimate of drug-likeness (QED) is 0.801. The van der Waals surface area contributed by atoms with Gasteiger partial charge in [-0.3, -0.25) is 4.79 Å². The number of benzene rings is 1. The second-order valence-corrected chi connectivity index (χ2v) is 5.34. The summed E-state index contributed by atoms with van der Waals surface area (Å²) in [6, 6.07) is 4.67. The SMILES string of the molecule is O=C(c1ccc(O)c(O)c1)N(CC1CC1)C1CC1. The average molecular weight is 247 g/mol. The van der Waals surface area contributed by atoms with Gasteiger partial charge in [-0.25, -0.2) is 0 Å². The first kappa shape index (κ1) is 11.4. The molecule has 1 aromatic carbocycles. The Bertz CT molecular complexity index is 478. The first-order valence-electron chi connectivity index (χ1n) is 6.48. The van der Waals surface area contributed by atoms with Crippen LogP contribution in [0.2, 0.25) is 0 Å². The Morgan fingerprint density at radius 2 is 1.89 bits per heavy atom. The van der Waals surface area contributed by atoms with Crippen molar-refractivity contribution >= 4 is 5.91 Å². The minimum Gasteiger partial charge on any atom is -0.504 e. The summed E-state index contributed by atoms with van der Waals surface area (Å²) in [7, 11) is 0. The summed E-state index contributed by atoms with van der Waals surface area (Å²) in [5, 5.41) is 18.7. The van der Waals surface area contributed by atoms with E-state index >= 15 is 0 Å². The first-order valence-corrected chi connectivity index (χ1v) is 6.48. The third-order valence-electron chi connectivity index (χ3n) is 3.62. The smallest absolute Gasteiger partial charge is 0.254 e. The van der Waals surface area contributed by atoms with Crippen LogP contribution in [0, 0.1) is 5.92 Å². The van der Waals surface area contributed by atoms with Crippen molar-refractivity contribution in [3.8, 4) is 11.5 Å². The molecule has 0 heterocycles. The normalized spacial score (nSPS) is 18.7. The van der Waals surface area contributed by atoms with E-state index in [4.69, 9.17) is 0 Å². The molecule has 0 aromatic heterocycles. The fourth-order valence-corrected chi connectivity index (χ4v) is 2.18. The molecule has 2 aliphatic carbocycles. The standard InChI is InChI=1S/C14H17NO3/c16-12-6-3-10(7-13(12)17)14(18)15(11-4-5-11)8-9-1-2-9/h3,6-7,9,11,16-17H,1-2,4-5,8H2. The van der Waals surface area contributed by atoms with E-state index in [-0.39, 0.29) is 17.4 Å². The number of phenols is 2. The van der Waals surface area contributed by atoms with Crippen molar-refractivity contribution in [2.45, 2.75) is 31.7 Å². The predicted octanol–water partition coefficient (Wildman–Crippen LogP) is 2.11. The maximum Gasteiger partial charge on any atom is 0.254 e. The number of phenolic OH excluding ortho intramolecular Hbond substituents is 2. The zero-order valence-electron chi connectivity index (χ0n) is 10.2. The van der Waals surface area contributed by atoms with Crippen LogP contribution in [0.4, 0.5) is 0 Å². The number of carbonyl (C=O) groups excluding carboxylic acids is 1. The molecule has 2 aliphatic rings. The molecule has 0 unspecified atom stereocenters. The summed E-state index contributed by atoms with van der Waals surface area (Å²) >= 11 is 0. The molecule has 18 heavy (non-hydrogen) atoms. The minimum atomic E-state index is -0.233. The number of rotatable bonds is 4. The van der Waals surface area contributed by atoms with Gasteiger partial charge >= 0.3 is 0 Å². The van der Waals surface area contributed by atoms with Gasteiger partial charge in [0.2, 0.25) is 0 Å². The van der Waals surface area contributed by atoms with Crippen LogP contribution < -0.4 is 0 Å². The molecule has 0 bridgehead atoms. The molecule has 4 nitrogen and oxygen atoms in total. The highest BCUT2D eigenvalue weighted by Gasteiger charge is 2.36. The lowest BCUT2D eigenvalue weighted by Crippen LogP contribution is -2.34. The third kappa shape index (κ3) is 2.28. The van der Waals surface area contributed by atoms with Crippen LogP contribution >= 0.6 is 0 Å². The molecule has 1 aromatic rings. The zero-order valence-corrected chi connectivity index (χ0v) is 10.2. The highest BCUT2D eigenvalue weighted by Crippen LogP contribution is 2.36. The van der Waals surface area contributed by atoms with Crippen molar-refractivity contribution in [3.05, 3.63) is 23.8 Å². The summed E-state index contributed by atoms with van der Waals surface area (Å²) in [6.45, 7) is 0.838. The van der Waals surface area contributed by atoms with Crippen molar-refractivity contribution in [3.63, 3.8) is 0 Å². The van der Waals surface area contributed by atoms with Gasteiger partial charge in [-0.15, -0.1) is 0 Å². The van der Waals surface area contributed by atoms with Gasteiger partial charge in [-0.2, -0.15) is 0 Å². The molecule has 0 atom stereocenters. The van der Waals surface area contributed by atoms with E-state index in [1.165, 1.54) is 25.0 Å². The van der Waals surface area contributed by atoms with E-state index in [2.05, 4.69) is 0 Å². The number of hydrogen-bond acceptors (Lipinski definition) is 3. The topological polar surface area (TPSA) is 60.8 Å². The van der Waals surface area contributed by atoms with Crippen LogP contribution in [-0.4, -0.2) is 33.6 Å². The molecule has 4 heteroatoms. The number of amides is 1. The molecular weight excluding hydrogens is 230 g/mol. The molecule has 2 fully saturated rings. The summed E-state index contributed by atoms with van der Waals surface area (Å²) < 4.78 is 0. The van der Waals surface area contributed by atoms with Gasteiger partial charge in [0.1, 0.15) is 0 Å². The van der Waals surface area contributed by atoms with Crippen molar-refractivity contribution < 1.29 is 15.0 Å². The van der Waals surface area contributed by atoms with Crippen molar-refractivity contribution in [1.29, 1.82) is 0 Å². The molecule has 96 valence electrons. The van der Waals surface area contributed by atoms with Crippen LogP contribution in [0.1, 0.15) is 36.0 Å². The molecule has 0 radical (unpaired) electrons. The van der Waals surface area contributed by atoms with Gasteiger partial charge in [-0.1, -0.05) is 0 Å². The summed E-state index contributed by atoms with van der Waals surface area (Å²) in [4.78, 5) is 14.3. The molecule has 0 saturated heterocycles. The molecule has 0 spiro atoms. The molecule has 1 amide bonds. The van der Waals surface area contributed by atoms with Crippen LogP contribution in [0.5, 0.6) is 11.5 Å². The van der Waals surface area contributed by atoms with Gasteiger partial charge < -0.3 is 15.1 Å². The second kappa shape index (κ2) is 4.19. The second-order valence-electron chi connectivity index (χ2n) is 5.34. The molecule has 2 N–H and O–H groups in total. The van der Waals surface area contributed by atoms with E-state index in [1.807, 2.05) is 4.90 Å². The fourth-order valence-electron chi connectivity index (χ4n) is 2.18. The molecular formula is C14H17NO3. The van der Waals surface area contributed by atoms with E-state index in [0.717, 1.165) is 19.4 Å². The highest BCUT2D eigenvalue weighted by molar-refractivity contribution is 5.95. The number of hydrogen-bond donors (Lipinski definition) is 2. The Balaban J connectivity index is 1.79. The Morgan fingerprint density at radius 1 is 1.17 bits per heavy atom. The maximum atomic E-state index is 12.4. The first-order chi connectivity index (χ1) is 8.65. The minimum absolute atomic E-state index is 0.0281. The van der Waals surface area contributed by atoms with Gasteiger partial charge in [0.05, 0.1) is 0 Å². The third-order valence-corrected chi connectivity index (χ3v) is 3.62. The summed E-state index contributed by atoms with van der Waals surface area (Å²) in [5.74, 6) is 0.217. The van der Waals surface area contributed by atoms with Crippen molar-refractivity contribution in [2.24, 2.45) is 5.92 Å². The number of carbonyl (C=O) groups is 1. The largest absolute Gasteiger partial charge is 0.504 e. The lowest BCUT2D eigenvalue weighted by Gasteiger charge is -2.22. The zero-order chi connectivity index (χ0) is 12.7. The lowest BCUT2D eigenvalue weighted by molar-refractivity contribution is 0.0734. The van der Waals surface area contributed by atoms with E-state index in [0.29, 0.717) is 17.5 Å². The monoisotopic (exact) mass is 247 g/mol. The van der Waals surface area contributed by atoms with Gasteiger partial charge in [0.25, 0.3) is 5.91 Å². The lowest BCUT2D eigenvalue weighted by atomic mass is 10.1. The van der Waals surface area contributed by atoms with Crippen LogP contribution in [0.25, 0.3) is 0 Å². The Hall–Kier alpha value is -1.71. The van der Waals surface area contributed by atoms with Gasteiger partial charge in [-0.05, 0) is 49.8 Å². The van der Waals surface area contributed by atoms with E-state index in [1.54, 1.807) is 6.07 Å². The van der Waals surface area contributed by atoms with E-state index < -0.39 is 0 Å². The van der Waals surface area contributed by atoms with Crippen molar-refractivity contribution in [2.75, 3.05) is 6.54 Å². The average Bonchev–Trinajstić information content (AvgIpc) is 3.22. The molecule has 3 rings (SSSR count). The fraction of sp³-hybridized carbons (Fsp3) is 0.500. The molecule has 0 aliphatic heterocycles. The van der Waals surface area contributed by atoms with Gasteiger partial charge in [0.15, 0.2) is 11.5 Å². The van der Waals surface area contributed by atoms with Gasteiger partial charge in [0, 0.05) is 18.2 Å². The number of aromatic hydroxyl groups is 2. The maximum absolute atomic E-state index is 12.4. The van der Waals surface area contributed by atoms with Crippen LogP contribution in [0.15, 0.2) is 18.2 Å². The van der Waals surface area contributed by atoms with Crippen molar-refractivity contribution in [1.82, 2.24) is 4.90 Å². The molecule has 2 saturated carbocycles. The van der Waals surface area contributed by atoms with Crippen LogP contribution in [0.3, 0.4) is 0 Å².